The van der Waals surface area contributed by atoms with Gasteiger partial charge in [-0.15, -0.1) is 0 Å². The Morgan fingerprint density at radius 2 is 1.77 bits per heavy atom. The van der Waals surface area contributed by atoms with Gasteiger partial charge < -0.3 is 10.1 Å². The van der Waals surface area contributed by atoms with Crippen molar-refractivity contribution in [3.05, 3.63) is 70.3 Å². The fraction of sp³-hybridized carbons (Fsp3) is 0.409. The van der Waals surface area contributed by atoms with Crippen molar-refractivity contribution in [1.82, 2.24) is 10.2 Å². The summed E-state index contributed by atoms with van der Waals surface area (Å²) < 4.78 is 5.42. The van der Waals surface area contributed by atoms with Crippen molar-refractivity contribution in [2.75, 3.05) is 26.3 Å². The van der Waals surface area contributed by atoms with Gasteiger partial charge >= 0.3 is 0 Å². The van der Waals surface area contributed by atoms with Crippen molar-refractivity contribution in [2.45, 2.75) is 33.4 Å². The summed E-state index contributed by atoms with van der Waals surface area (Å²) >= 11 is 0. The van der Waals surface area contributed by atoms with E-state index in [0.717, 1.165) is 38.4 Å². The smallest absolute Gasteiger partial charge is 0.224 e. The van der Waals surface area contributed by atoms with Crippen LogP contribution in [0.5, 0.6) is 0 Å². The molecule has 1 aliphatic rings. The van der Waals surface area contributed by atoms with Crippen molar-refractivity contribution in [2.24, 2.45) is 0 Å². The van der Waals surface area contributed by atoms with Gasteiger partial charge in [-0.2, -0.15) is 0 Å². The lowest BCUT2D eigenvalue weighted by Gasteiger charge is -2.27. The standard InChI is InChI=1S/C22H28N2O2/c1-17-7-8-19(13-18(17)2)14-22(25)23-15-20-5-3-4-6-21(20)16-24-9-11-26-12-10-24/h3-8,13H,9-12,14-16H2,1-2H3,(H,23,25). The van der Waals surface area contributed by atoms with Crippen LogP contribution in [-0.4, -0.2) is 37.1 Å². The quantitative estimate of drug-likeness (QED) is 0.869. The van der Waals surface area contributed by atoms with E-state index in [1.165, 1.54) is 22.3 Å². The molecule has 0 radical (unpaired) electrons. The van der Waals surface area contributed by atoms with Crippen LogP contribution in [-0.2, 0) is 29.0 Å². The Bertz CT molecular complexity index is 752. The predicted octanol–water partition coefficient (Wildman–Crippen LogP) is 2.99. The number of rotatable bonds is 6. The normalized spacial score (nSPS) is 15.0. The Hall–Kier alpha value is -2.17. The van der Waals surface area contributed by atoms with Crippen molar-refractivity contribution in [3.63, 3.8) is 0 Å². The highest BCUT2D eigenvalue weighted by Crippen LogP contribution is 2.14. The second-order valence-electron chi connectivity index (χ2n) is 7.03. The molecule has 1 amide bonds. The third-order valence-corrected chi connectivity index (χ3v) is 5.03. The van der Waals surface area contributed by atoms with Gasteiger partial charge in [0.2, 0.25) is 5.91 Å². The van der Waals surface area contributed by atoms with Gasteiger partial charge in [-0.05, 0) is 41.7 Å². The van der Waals surface area contributed by atoms with Crippen LogP contribution in [0.1, 0.15) is 27.8 Å². The largest absolute Gasteiger partial charge is 0.379 e. The number of carbonyl (C=O) groups is 1. The molecule has 0 bridgehead atoms. The maximum atomic E-state index is 12.3. The van der Waals surface area contributed by atoms with E-state index in [1.54, 1.807) is 0 Å². The highest BCUT2D eigenvalue weighted by Gasteiger charge is 2.13. The zero-order valence-corrected chi connectivity index (χ0v) is 15.8. The topological polar surface area (TPSA) is 41.6 Å². The number of ether oxygens (including phenoxy) is 1. The molecule has 0 atom stereocenters. The first kappa shape index (κ1) is 18.6. The molecule has 1 N–H and O–H groups in total. The van der Waals surface area contributed by atoms with E-state index >= 15 is 0 Å². The van der Waals surface area contributed by atoms with E-state index in [4.69, 9.17) is 4.74 Å². The van der Waals surface area contributed by atoms with Gasteiger partial charge in [0.25, 0.3) is 0 Å². The Balaban J connectivity index is 1.56. The van der Waals surface area contributed by atoms with Crippen LogP contribution in [0, 0.1) is 13.8 Å². The van der Waals surface area contributed by atoms with E-state index in [-0.39, 0.29) is 5.91 Å². The van der Waals surface area contributed by atoms with Crippen molar-refractivity contribution in [3.8, 4) is 0 Å². The Kier molecular flexibility index (Phi) is 6.42. The van der Waals surface area contributed by atoms with E-state index in [9.17, 15) is 4.79 Å². The molecule has 0 aromatic heterocycles. The molecule has 4 heteroatoms. The van der Waals surface area contributed by atoms with Gasteiger partial charge in [0.15, 0.2) is 0 Å². The van der Waals surface area contributed by atoms with Crippen molar-refractivity contribution < 1.29 is 9.53 Å². The monoisotopic (exact) mass is 352 g/mol. The molecule has 1 heterocycles. The molecule has 4 nitrogen and oxygen atoms in total. The molecule has 2 aromatic carbocycles. The second-order valence-corrected chi connectivity index (χ2v) is 7.03. The number of aryl methyl sites for hydroxylation is 2. The van der Waals surface area contributed by atoms with Crippen LogP contribution in [0.3, 0.4) is 0 Å². The third kappa shape index (κ3) is 5.16. The number of morpholine rings is 1. The van der Waals surface area contributed by atoms with Crippen LogP contribution in [0.2, 0.25) is 0 Å². The molecule has 138 valence electrons. The van der Waals surface area contributed by atoms with Gasteiger partial charge in [-0.1, -0.05) is 42.5 Å². The van der Waals surface area contributed by atoms with Gasteiger partial charge in [-0.25, -0.2) is 0 Å². The molecule has 1 saturated heterocycles. The van der Waals surface area contributed by atoms with Gasteiger partial charge in [-0.3, -0.25) is 9.69 Å². The minimum Gasteiger partial charge on any atom is -0.379 e. The fourth-order valence-electron chi connectivity index (χ4n) is 3.24. The Labute approximate surface area is 156 Å². The van der Waals surface area contributed by atoms with E-state index in [0.29, 0.717) is 13.0 Å². The first-order valence-corrected chi connectivity index (χ1v) is 9.31. The minimum atomic E-state index is 0.0643. The highest BCUT2D eigenvalue weighted by atomic mass is 16.5. The molecule has 0 aliphatic carbocycles. The maximum absolute atomic E-state index is 12.3. The second kappa shape index (κ2) is 8.97. The number of hydrogen-bond donors (Lipinski definition) is 1. The van der Waals surface area contributed by atoms with Gasteiger partial charge in [0, 0.05) is 26.2 Å². The number of nitrogens with one attached hydrogen (secondary N) is 1. The lowest BCUT2D eigenvalue weighted by Crippen LogP contribution is -2.36. The number of amides is 1. The molecule has 1 fully saturated rings. The molecule has 0 saturated carbocycles. The summed E-state index contributed by atoms with van der Waals surface area (Å²) in [5.41, 5.74) is 6.01. The summed E-state index contributed by atoms with van der Waals surface area (Å²) in [5.74, 6) is 0.0643. The van der Waals surface area contributed by atoms with E-state index < -0.39 is 0 Å². The summed E-state index contributed by atoms with van der Waals surface area (Å²) in [6.07, 6.45) is 0.423. The van der Waals surface area contributed by atoms with Gasteiger partial charge in [0.1, 0.15) is 0 Å². The summed E-state index contributed by atoms with van der Waals surface area (Å²) in [5, 5.41) is 3.08. The molecular weight excluding hydrogens is 324 g/mol. The Morgan fingerprint density at radius 3 is 2.50 bits per heavy atom. The van der Waals surface area contributed by atoms with E-state index in [1.807, 2.05) is 12.1 Å². The van der Waals surface area contributed by atoms with Crippen LogP contribution >= 0.6 is 0 Å². The number of carbonyl (C=O) groups excluding carboxylic acids is 1. The molecule has 0 unspecified atom stereocenters. The van der Waals surface area contributed by atoms with Crippen LogP contribution in [0.25, 0.3) is 0 Å². The molecule has 0 spiro atoms. The molecule has 2 aromatic rings. The molecular formula is C22H28N2O2. The van der Waals surface area contributed by atoms with E-state index in [2.05, 4.69) is 54.4 Å². The summed E-state index contributed by atoms with van der Waals surface area (Å²) in [6, 6.07) is 14.6. The number of nitrogens with zero attached hydrogens (tertiary/aromatic N) is 1. The Morgan fingerprint density at radius 1 is 1.04 bits per heavy atom. The highest BCUT2D eigenvalue weighted by molar-refractivity contribution is 5.78. The van der Waals surface area contributed by atoms with Gasteiger partial charge in [0.05, 0.1) is 19.6 Å². The summed E-state index contributed by atoms with van der Waals surface area (Å²) in [4.78, 5) is 14.7. The lowest BCUT2D eigenvalue weighted by molar-refractivity contribution is -0.120. The lowest BCUT2D eigenvalue weighted by atomic mass is 10.0. The molecule has 3 rings (SSSR count). The molecule has 1 aliphatic heterocycles. The average Bonchev–Trinajstić information content (AvgIpc) is 2.65. The predicted molar refractivity (Wildman–Crippen MR) is 104 cm³/mol. The first-order valence-electron chi connectivity index (χ1n) is 9.31. The van der Waals surface area contributed by atoms with Crippen LogP contribution in [0.15, 0.2) is 42.5 Å². The summed E-state index contributed by atoms with van der Waals surface area (Å²) in [6.45, 7) is 9.19. The first-order chi connectivity index (χ1) is 12.6. The maximum Gasteiger partial charge on any atom is 0.224 e. The molecule has 26 heavy (non-hydrogen) atoms. The summed E-state index contributed by atoms with van der Waals surface area (Å²) in [7, 11) is 0. The number of hydrogen-bond acceptors (Lipinski definition) is 3. The van der Waals surface area contributed by atoms with Crippen LogP contribution < -0.4 is 5.32 Å². The van der Waals surface area contributed by atoms with Crippen LogP contribution in [0.4, 0.5) is 0 Å². The fourth-order valence-corrected chi connectivity index (χ4v) is 3.24. The minimum absolute atomic E-state index is 0.0643. The zero-order valence-electron chi connectivity index (χ0n) is 15.8. The third-order valence-electron chi connectivity index (χ3n) is 5.03. The zero-order chi connectivity index (χ0) is 18.4. The average molecular weight is 352 g/mol. The van der Waals surface area contributed by atoms with Crippen molar-refractivity contribution >= 4 is 5.91 Å². The van der Waals surface area contributed by atoms with Crippen molar-refractivity contribution in [1.29, 1.82) is 0 Å². The number of benzene rings is 2. The SMILES string of the molecule is Cc1ccc(CC(=O)NCc2ccccc2CN2CCOCC2)cc1C.